The van der Waals surface area contributed by atoms with Crippen molar-refractivity contribution < 1.29 is 21.8 Å². The molecule has 0 spiro atoms. The summed E-state index contributed by atoms with van der Waals surface area (Å²) in [6, 6.07) is 3.09. The molecule has 1 amide bonds. The predicted molar refractivity (Wildman–Crippen MR) is 69.3 cm³/mol. The third kappa shape index (κ3) is 2.86. The first-order chi connectivity index (χ1) is 8.82. The third-order valence-corrected chi connectivity index (χ3v) is 4.49. The zero-order valence-electron chi connectivity index (χ0n) is 9.84. The first-order valence-electron chi connectivity index (χ1n) is 5.27. The largest absolute Gasteiger partial charge is 0.481 e. The molecule has 0 saturated carbocycles. The highest BCUT2D eigenvalue weighted by Crippen LogP contribution is 2.31. The van der Waals surface area contributed by atoms with Crippen LogP contribution in [0.2, 0.25) is 0 Å². The number of rotatable bonds is 3. The van der Waals surface area contributed by atoms with Gasteiger partial charge in [-0.1, -0.05) is 0 Å². The van der Waals surface area contributed by atoms with Gasteiger partial charge in [0.1, 0.15) is 9.85 Å². The number of hydrogen-bond donors (Lipinski definition) is 0. The summed E-state index contributed by atoms with van der Waals surface area (Å²) in [6.45, 7) is -0.218. The fourth-order valence-electron chi connectivity index (χ4n) is 1.82. The van der Waals surface area contributed by atoms with Crippen LogP contribution in [0.3, 0.4) is 0 Å². The van der Waals surface area contributed by atoms with E-state index >= 15 is 0 Å². The van der Waals surface area contributed by atoms with Gasteiger partial charge in [-0.2, -0.15) is 8.42 Å². The molecule has 9 heteroatoms. The zero-order valence-corrected chi connectivity index (χ0v) is 12.2. The molecule has 1 aliphatic rings. The maximum Gasteiger partial charge on any atom is 0.307 e. The quantitative estimate of drug-likeness (QED) is 0.604. The van der Waals surface area contributed by atoms with Gasteiger partial charge in [0.05, 0.1) is 12.8 Å². The van der Waals surface area contributed by atoms with Crippen molar-refractivity contribution in [2.24, 2.45) is 0 Å². The van der Waals surface area contributed by atoms with Crippen LogP contribution in [-0.2, 0) is 15.0 Å². The molecule has 2 rings (SSSR count). The van der Waals surface area contributed by atoms with E-state index in [9.17, 15) is 17.1 Å². The molecule has 1 aromatic rings. The number of carbonyl (C=O) groups is 1. The number of carbonyl (C=O) groups excluding carboxylic acids is 1. The van der Waals surface area contributed by atoms with Crippen molar-refractivity contribution in [1.29, 1.82) is 0 Å². The van der Waals surface area contributed by atoms with Gasteiger partial charge in [-0.3, -0.25) is 4.79 Å². The van der Waals surface area contributed by atoms with Crippen LogP contribution in [-0.4, -0.2) is 38.2 Å². The van der Waals surface area contributed by atoms with E-state index in [1.165, 1.54) is 18.1 Å². The minimum Gasteiger partial charge on any atom is -0.481 e. The van der Waals surface area contributed by atoms with E-state index in [-0.39, 0.29) is 13.0 Å². The van der Waals surface area contributed by atoms with Crippen molar-refractivity contribution in [1.82, 2.24) is 4.98 Å². The molecule has 104 valence electrons. The van der Waals surface area contributed by atoms with E-state index in [0.717, 1.165) is 0 Å². The summed E-state index contributed by atoms with van der Waals surface area (Å²) in [6.07, 6.45) is -0.364. The zero-order chi connectivity index (χ0) is 14.2. The van der Waals surface area contributed by atoms with E-state index in [1.807, 2.05) is 0 Å². The molecule has 1 aromatic heterocycles. The van der Waals surface area contributed by atoms with Gasteiger partial charge in [0, 0.05) is 19.0 Å². The Labute approximate surface area is 117 Å². The molecular weight excluding hydrogens is 343 g/mol. The van der Waals surface area contributed by atoms with Crippen LogP contribution in [0.5, 0.6) is 5.88 Å². The molecule has 0 aliphatic carbocycles. The Hall–Kier alpha value is -1.22. The summed E-state index contributed by atoms with van der Waals surface area (Å²) in [5, 5.41) is -1.32. The summed E-state index contributed by atoms with van der Waals surface area (Å²) in [4.78, 5) is 17.0. The molecule has 1 fully saturated rings. The van der Waals surface area contributed by atoms with E-state index in [1.54, 1.807) is 6.07 Å². The summed E-state index contributed by atoms with van der Waals surface area (Å²) < 4.78 is 39.9. The Morgan fingerprint density at radius 3 is 2.68 bits per heavy atom. The second-order valence-electron chi connectivity index (χ2n) is 3.97. The Balaban J connectivity index is 2.31. The van der Waals surface area contributed by atoms with Crippen molar-refractivity contribution in [2.75, 3.05) is 18.6 Å². The Morgan fingerprint density at radius 2 is 2.21 bits per heavy atom. The van der Waals surface area contributed by atoms with Crippen molar-refractivity contribution in [3.8, 4) is 5.88 Å². The highest BCUT2D eigenvalue weighted by atomic mass is 79.9. The maximum atomic E-state index is 12.9. The van der Waals surface area contributed by atoms with E-state index in [0.29, 0.717) is 16.2 Å². The standard InChI is InChI=1S/C10H10BrFN2O4S/c1-18-8-3-2-7(10(11)13-8)14-5-6(4-9(14)15)19(12,16)17/h2-3,6H,4-5H2,1H3. The van der Waals surface area contributed by atoms with Crippen molar-refractivity contribution in [3.63, 3.8) is 0 Å². The molecule has 0 bridgehead atoms. The highest BCUT2D eigenvalue weighted by Gasteiger charge is 2.39. The average molecular weight is 353 g/mol. The van der Waals surface area contributed by atoms with Gasteiger partial charge < -0.3 is 9.64 Å². The summed E-state index contributed by atoms with van der Waals surface area (Å²) in [5.41, 5.74) is 0.386. The van der Waals surface area contributed by atoms with Crippen LogP contribution in [0.15, 0.2) is 16.7 Å². The van der Waals surface area contributed by atoms with Gasteiger partial charge in [0.15, 0.2) is 0 Å². The normalized spacial score (nSPS) is 19.8. The predicted octanol–water partition coefficient (Wildman–Crippen LogP) is 1.26. The van der Waals surface area contributed by atoms with Gasteiger partial charge in [-0.05, 0) is 22.0 Å². The molecule has 0 N–H and O–H groups in total. The smallest absolute Gasteiger partial charge is 0.307 e. The number of amides is 1. The summed E-state index contributed by atoms with van der Waals surface area (Å²) >= 11 is 3.17. The molecule has 0 radical (unpaired) electrons. The second kappa shape index (κ2) is 5.04. The molecule has 1 saturated heterocycles. The number of anilines is 1. The first-order valence-corrected chi connectivity index (χ1v) is 7.51. The third-order valence-electron chi connectivity index (χ3n) is 2.79. The van der Waals surface area contributed by atoms with Crippen LogP contribution >= 0.6 is 15.9 Å². The van der Waals surface area contributed by atoms with Gasteiger partial charge in [-0.25, -0.2) is 4.98 Å². The van der Waals surface area contributed by atoms with Crippen molar-refractivity contribution in [3.05, 3.63) is 16.7 Å². The second-order valence-corrected chi connectivity index (χ2v) is 6.34. The van der Waals surface area contributed by atoms with Gasteiger partial charge in [-0.15, -0.1) is 3.89 Å². The Morgan fingerprint density at radius 1 is 1.53 bits per heavy atom. The SMILES string of the molecule is COc1ccc(N2CC(S(=O)(=O)F)CC2=O)c(Br)n1. The fourth-order valence-corrected chi connectivity index (χ4v) is 3.01. The number of hydrogen-bond acceptors (Lipinski definition) is 5. The van der Waals surface area contributed by atoms with Gasteiger partial charge in [0.2, 0.25) is 11.8 Å². The molecule has 1 aliphatic heterocycles. The van der Waals surface area contributed by atoms with Gasteiger partial charge in [0.25, 0.3) is 0 Å². The molecular formula is C10H10BrFN2O4S. The lowest BCUT2D eigenvalue weighted by Crippen LogP contribution is -2.27. The maximum absolute atomic E-state index is 12.9. The number of aromatic nitrogens is 1. The lowest BCUT2D eigenvalue weighted by atomic mass is 10.4. The number of ether oxygens (including phenoxy) is 1. The number of halogens is 2. The van der Waals surface area contributed by atoms with E-state index in [2.05, 4.69) is 20.9 Å². The van der Waals surface area contributed by atoms with Crippen LogP contribution < -0.4 is 9.64 Å². The number of nitrogens with zero attached hydrogens (tertiary/aromatic N) is 2. The van der Waals surface area contributed by atoms with Crippen LogP contribution in [0.4, 0.5) is 9.57 Å². The van der Waals surface area contributed by atoms with Crippen LogP contribution in [0.1, 0.15) is 6.42 Å². The van der Waals surface area contributed by atoms with Crippen molar-refractivity contribution in [2.45, 2.75) is 11.7 Å². The topological polar surface area (TPSA) is 76.6 Å². The monoisotopic (exact) mass is 352 g/mol. The summed E-state index contributed by atoms with van der Waals surface area (Å²) in [5.74, 6) is -0.115. The fraction of sp³-hybridized carbons (Fsp3) is 0.400. The lowest BCUT2D eigenvalue weighted by molar-refractivity contribution is -0.117. The Kier molecular flexibility index (Phi) is 3.77. The Bertz CT molecular complexity index is 622. The molecule has 2 heterocycles. The molecule has 1 unspecified atom stereocenters. The lowest BCUT2D eigenvalue weighted by Gasteiger charge is -2.17. The molecule has 6 nitrogen and oxygen atoms in total. The highest BCUT2D eigenvalue weighted by molar-refractivity contribution is 9.10. The van der Waals surface area contributed by atoms with Crippen LogP contribution in [0.25, 0.3) is 0 Å². The number of methoxy groups -OCH3 is 1. The molecule has 1 atom stereocenters. The van der Waals surface area contributed by atoms with Gasteiger partial charge >= 0.3 is 10.2 Å². The van der Waals surface area contributed by atoms with E-state index < -0.39 is 21.4 Å². The van der Waals surface area contributed by atoms with Crippen LogP contribution in [0, 0.1) is 0 Å². The molecule has 0 aromatic carbocycles. The summed E-state index contributed by atoms with van der Waals surface area (Å²) in [7, 11) is -3.28. The average Bonchev–Trinajstić information content (AvgIpc) is 2.71. The van der Waals surface area contributed by atoms with Crippen molar-refractivity contribution >= 4 is 37.7 Å². The van der Waals surface area contributed by atoms with E-state index in [4.69, 9.17) is 4.74 Å². The number of pyridine rings is 1. The molecule has 19 heavy (non-hydrogen) atoms. The minimum atomic E-state index is -4.72. The minimum absolute atomic E-state index is 0.218. The first kappa shape index (κ1) is 14.2.